The number of benzene rings is 2. The number of esters is 1. The molecular formula is C29H30N4O4. The molecule has 37 heavy (non-hydrogen) atoms. The van der Waals surface area contributed by atoms with Crippen LogP contribution in [0.5, 0.6) is 0 Å². The van der Waals surface area contributed by atoms with E-state index < -0.39 is 18.0 Å². The first-order valence-corrected chi connectivity index (χ1v) is 12.5. The summed E-state index contributed by atoms with van der Waals surface area (Å²) in [5, 5.41) is 3.43. The zero-order chi connectivity index (χ0) is 26.3. The Hall–Kier alpha value is -4.20. The highest BCUT2D eigenvalue weighted by Gasteiger charge is 2.28. The van der Waals surface area contributed by atoms with Crippen LogP contribution in [-0.4, -0.2) is 32.3 Å². The van der Waals surface area contributed by atoms with Gasteiger partial charge in [0.05, 0.1) is 22.5 Å². The number of amides is 1. The van der Waals surface area contributed by atoms with Gasteiger partial charge >= 0.3 is 5.97 Å². The monoisotopic (exact) mass is 498 g/mol. The van der Waals surface area contributed by atoms with Crippen molar-refractivity contribution >= 4 is 28.5 Å². The largest absolute Gasteiger partial charge is 0.449 e. The SMILES string of the molecule is Cc1ccc2nc3c(c(C(=O)OC(C)C(=O)Nc4c(C)n(C)n(-c5ccccc5)c4=O)c2c1)CCCC3. The molecule has 2 aromatic heterocycles. The van der Waals surface area contributed by atoms with Gasteiger partial charge in [-0.1, -0.05) is 29.8 Å². The summed E-state index contributed by atoms with van der Waals surface area (Å²) in [6.07, 6.45) is 2.46. The van der Waals surface area contributed by atoms with Crippen LogP contribution in [0.2, 0.25) is 0 Å². The van der Waals surface area contributed by atoms with Crippen molar-refractivity contribution in [3.8, 4) is 5.69 Å². The molecule has 5 rings (SSSR count). The van der Waals surface area contributed by atoms with Crippen molar-refractivity contribution in [1.29, 1.82) is 0 Å². The van der Waals surface area contributed by atoms with Crippen molar-refractivity contribution in [2.45, 2.75) is 52.6 Å². The van der Waals surface area contributed by atoms with E-state index in [1.807, 2.05) is 55.5 Å². The van der Waals surface area contributed by atoms with E-state index in [0.717, 1.165) is 53.4 Å². The zero-order valence-corrected chi connectivity index (χ0v) is 21.5. The van der Waals surface area contributed by atoms with Gasteiger partial charge in [-0.15, -0.1) is 0 Å². The molecule has 1 unspecified atom stereocenters. The molecule has 1 aliphatic carbocycles. The molecule has 0 saturated heterocycles. The molecule has 1 amide bonds. The molecular weight excluding hydrogens is 468 g/mol. The van der Waals surface area contributed by atoms with Crippen LogP contribution in [0.25, 0.3) is 16.6 Å². The van der Waals surface area contributed by atoms with Crippen LogP contribution >= 0.6 is 0 Å². The Balaban J connectivity index is 1.42. The topological polar surface area (TPSA) is 95.2 Å². The Morgan fingerprint density at radius 3 is 2.54 bits per heavy atom. The predicted molar refractivity (Wildman–Crippen MR) is 142 cm³/mol. The number of pyridine rings is 1. The summed E-state index contributed by atoms with van der Waals surface area (Å²) in [5.74, 6) is -1.12. The second-order valence-corrected chi connectivity index (χ2v) is 9.61. The van der Waals surface area contributed by atoms with Crippen LogP contribution in [0, 0.1) is 13.8 Å². The number of hydrogen-bond donors (Lipinski definition) is 1. The van der Waals surface area contributed by atoms with Gasteiger partial charge in [0.25, 0.3) is 11.5 Å². The fraction of sp³-hybridized carbons (Fsp3) is 0.310. The molecule has 0 radical (unpaired) electrons. The van der Waals surface area contributed by atoms with Crippen molar-refractivity contribution in [3.05, 3.63) is 87.0 Å². The number of rotatable bonds is 5. The lowest BCUT2D eigenvalue weighted by atomic mass is 9.89. The Morgan fingerprint density at radius 1 is 1.05 bits per heavy atom. The minimum absolute atomic E-state index is 0.154. The summed E-state index contributed by atoms with van der Waals surface area (Å²) in [6, 6.07) is 15.0. The third-order valence-electron chi connectivity index (χ3n) is 7.08. The number of aryl methyl sites for hydroxylation is 2. The van der Waals surface area contributed by atoms with Gasteiger partial charge in [-0.3, -0.25) is 19.3 Å². The summed E-state index contributed by atoms with van der Waals surface area (Å²) in [5.41, 5.74) is 5.15. The Kier molecular flexibility index (Phi) is 6.41. The second kappa shape index (κ2) is 9.69. The molecule has 190 valence electrons. The number of hydrogen-bond acceptors (Lipinski definition) is 5. The van der Waals surface area contributed by atoms with Gasteiger partial charge in [0.2, 0.25) is 0 Å². The number of anilines is 1. The number of carbonyl (C=O) groups is 2. The summed E-state index contributed by atoms with van der Waals surface area (Å²) < 4.78 is 8.86. The molecule has 0 aliphatic heterocycles. The quantitative estimate of drug-likeness (QED) is 0.412. The zero-order valence-electron chi connectivity index (χ0n) is 21.5. The first-order valence-electron chi connectivity index (χ1n) is 12.5. The van der Waals surface area contributed by atoms with Gasteiger partial charge in [0, 0.05) is 18.1 Å². The number of carbonyl (C=O) groups excluding carboxylic acids is 2. The maximum atomic E-state index is 13.5. The summed E-state index contributed by atoms with van der Waals surface area (Å²) in [4.78, 5) is 44.5. The Morgan fingerprint density at radius 2 is 1.78 bits per heavy atom. The fourth-order valence-electron chi connectivity index (χ4n) is 4.98. The molecule has 1 N–H and O–H groups in total. The van der Waals surface area contributed by atoms with E-state index >= 15 is 0 Å². The van der Waals surface area contributed by atoms with Crippen LogP contribution in [0.3, 0.4) is 0 Å². The molecule has 1 aliphatic rings. The van der Waals surface area contributed by atoms with Crippen molar-refractivity contribution in [2.75, 3.05) is 5.32 Å². The highest BCUT2D eigenvalue weighted by atomic mass is 16.5. The Bertz CT molecular complexity index is 1580. The van der Waals surface area contributed by atoms with Crippen molar-refractivity contribution < 1.29 is 14.3 Å². The van der Waals surface area contributed by atoms with Crippen molar-refractivity contribution in [2.24, 2.45) is 7.05 Å². The number of fused-ring (bicyclic) bond motifs is 2. The molecule has 8 nitrogen and oxygen atoms in total. The molecule has 0 bridgehead atoms. The number of ether oxygens (including phenoxy) is 1. The minimum Gasteiger partial charge on any atom is -0.449 e. The van der Waals surface area contributed by atoms with E-state index in [2.05, 4.69) is 5.32 Å². The predicted octanol–water partition coefficient (Wildman–Crippen LogP) is 4.40. The van der Waals surface area contributed by atoms with Crippen molar-refractivity contribution in [1.82, 2.24) is 14.3 Å². The number of nitrogens with zero attached hydrogens (tertiary/aromatic N) is 3. The standard InChI is InChI=1S/C29H30N4O4/c1-17-14-15-24-22(16-17)25(21-12-8-9-13-23(21)30-24)29(36)37-19(3)27(34)31-26-18(2)32(4)33(28(26)35)20-10-6-5-7-11-20/h5-7,10-11,14-16,19H,8-9,12-13H2,1-4H3,(H,31,34). The van der Waals surface area contributed by atoms with E-state index in [-0.39, 0.29) is 11.2 Å². The van der Waals surface area contributed by atoms with E-state index in [9.17, 15) is 14.4 Å². The van der Waals surface area contributed by atoms with E-state index in [0.29, 0.717) is 16.9 Å². The van der Waals surface area contributed by atoms with Crippen LogP contribution in [0.1, 0.15) is 52.6 Å². The molecule has 4 aromatic rings. The second-order valence-electron chi connectivity index (χ2n) is 9.61. The van der Waals surface area contributed by atoms with Crippen molar-refractivity contribution in [3.63, 3.8) is 0 Å². The molecule has 2 aromatic carbocycles. The minimum atomic E-state index is -1.11. The number of aromatic nitrogens is 3. The lowest BCUT2D eigenvalue weighted by molar-refractivity contribution is -0.123. The van der Waals surface area contributed by atoms with Crippen LogP contribution in [-0.2, 0) is 29.4 Å². The van der Waals surface area contributed by atoms with E-state index in [1.54, 1.807) is 18.7 Å². The summed E-state index contributed by atoms with van der Waals surface area (Å²) in [7, 11) is 1.75. The summed E-state index contributed by atoms with van der Waals surface area (Å²) >= 11 is 0. The normalized spacial score (nSPS) is 13.7. The van der Waals surface area contributed by atoms with E-state index in [1.165, 1.54) is 11.6 Å². The van der Waals surface area contributed by atoms with Gasteiger partial charge in [-0.25, -0.2) is 9.48 Å². The van der Waals surface area contributed by atoms with Crippen LogP contribution in [0.4, 0.5) is 5.69 Å². The molecule has 8 heteroatoms. The molecule has 0 spiro atoms. The lowest BCUT2D eigenvalue weighted by Gasteiger charge is -2.21. The molecule has 0 saturated carbocycles. The molecule has 0 fully saturated rings. The van der Waals surface area contributed by atoms with Gasteiger partial charge in [0.15, 0.2) is 6.10 Å². The molecule has 1 atom stereocenters. The third-order valence-corrected chi connectivity index (χ3v) is 7.08. The first kappa shape index (κ1) is 24.5. The van der Waals surface area contributed by atoms with Gasteiger partial charge in [-0.2, -0.15) is 0 Å². The number of para-hydroxylation sites is 1. The van der Waals surface area contributed by atoms with E-state index in [4.69, 9.17) is 9.72 Å². The van der Waals surface area contributed by atoms with Gasteiger partial charge < -0.3 is 10.1 Å². The molecule has 2 heterocycles. The van der Waals surface area contributed by atoms with Gasteiger partial charge in [-0.05, 0) is 76.3 Å². The third kappa shape index (κ3) is 4.43. The highest BCUT2D eigenvalue weighted by molar-refractivity contribution is 6.06. The summed E-state index contributed by atoms with van der Waals surface area (Å²) in [6.45, 7) is 5.24. The maximum absolute atomic E-state index is 13.5. The fourth-order valence-corrected chi connectivity index (χ4v) is 4.98. The van der Waals surface area contributed by atoms with Crippen LogP contribution in [0.15, 0.2) is 53.3 Å². The highest BCUT2D eigenvalue weighted by Crippen LogP contribution is 2.30. The average Bonchev–Trinajstić information content (AvgIpc) is 3.10. The number of nitrogens with one attached hydrogen (secondary N) is 1. The average molecular weight is 499 g/mol. The van der Waals surface area contributed by atoms with Gasteiger partial charge in [0.1, 0.15) is 5.69 Å². The first-order chi connectivity index (χ1) is 17.8. The smallest absolute Gasteiger partial charge is 0.339 e. The Labute approximate surface area is 214 Å². The maximum Gasteiger partial charge on any atom is 0.339 e. The van der Waals surface area contributed by atoms with Crippen LogP contribution < -0.4 is 10.9 Å². The lowest BCUT2D eigenvalue weighted by Crippen LogP contribution is -2.32.